The van der Waals surface area contributed by atoms with Crippen LogP contribution in [0.25, 0.3) is 28.0 Å². The van der Waals surface area contributed by atoms with E-state index in [1.54, 1.807) is 52.1 Å². The average Bonchev–Trinajstić information content (AvgIpc) is 3.50. The molecule has 0 amide bonds. The molecular formula is C39H49N5O7. The van der Waals surface area contributed by atoms with Gasteiger partial charge in [-0.1, -0.05) is 18.2 Å². The van der Waals surface area contributed by atoms with E-state index in [-0.39, 0.29) is 18.0 Å². The molecule has 7 rings (SSSR count). The molecule has 1 saturated heterocycles. The molecule has 5 heterocycles. The maximum absolute atomic E-state index is 12.8. The van der Waals surface area contributed by atoms with Crippen LogP contribution in [0.5, 0.6) is 5.75 Å². The lowest BCUT2D eigenvalue weighted by Crippen LogP contribution is -2.45. The zero-order valence-corrected chi connectivity index (χ0v) is 30.9. The van der Waals surface area contributed by atoms with Gasteiger partial charge < -0.3 is 29.0 Å². The lowest BCUT2D eigenvalue weighted by molar-refractivity contribution is -0.142. The number of ether oxygens (including phenoxy) is 4. The van der Waals surface area contributed by atoms with Gasteiger partial charge in [-0.05, 0) is 91.1 Å². The second-order valence-corrected chi connectivity index (χ2v) is 14.0. The number of carbonyl (C=O) groups excluding carboxylic acids is 2. The summed E-state index contributed by atoms with van der Waals surface area (Å²) in [6.45, 7) is 15.0. The molecule has 2 aromatic heterocycles. The minimum absolute atomic E-state index is 0.0981. The van der Waals surface area contributed by atoms with Crippen molar-refractivity contribution < 1.29 is 33.6 Å². The van der Waals surface area contributed by atoms with Crippen LogP contribution in [-0.4, -0.2) is 88.7 Å². The summed E-state index contributed by atoms with van der Waals surface area (Å²) >= 11 is 0. The molecule has 1 unspecified atom stereocenters. The van der Waals surface area contributed by atoms with Crippen molar-refractivity contribution in [1.82, 2.24) is 14.6 Å². The highest BCUT2D eigenvalue weighted by Gasteiger charge is 2.33. The van der Waals surface area contributed by atoms with Gasteiger partial charge in [0, 0.05) is 47.8 Å². The molecule has 12 nitrogen and oxygen atoms in total. The van der Waals surface area contributed by atoms with E-state index in [4.69, 9.17) is 34.1 Å². The van der Waals surface area contributed by atoms with Crippen LogP contribution < -0.4 is 9.64 Å². The molecular weight excluding hydrogens is 650 g/mol. The molecule has 4 aromatic rings. The predicted octanol–water partition coefficient (Wildman–Crippen LogP) is 6.23. The van der Waals surface area contributed by atoms with E-state index in [0.717, 1.165) is 46.7 Å². The maximum Gasteiger partial charge on any atom is 0.337 e. The molecule has 12 heteroatoms. The molecule has 0 saturated carbocycles. The Morgan fingerprint density at radius 3 is 2.47 bits per heavy atom. The SMILES string of the molecule is CC(C)(C)O.CCOC(=O)Cc1c(C)nc2cc3nn2c1N1CCC(C)(CC1)OC/C=N/C(C)Oc1ccc(C(=O)OC)cc1-c1cccc-3c1. The Morgan fingerprint density at radius 1 is 1.08 bits per heavy atom. The Morgan fingerprint density at radius 2 is 1.78 bits per heavy atom. The zero-order chi connectivity index (χ0) is 36.9. The number of hydrogen-bond acceptors (Lipinski definition) is 11. The summed E-state index contributed by atoms with van der Waals surface area (Å²) in [5.74, 6) is 0.674. The van der Waals surface area contributed by atoms with E-state index < -0.39 is 17.8 Å². The smallest absolute Gasteiger partial charge is 0.337 e. The lowest BCUT2D eigenvalue weighted by Gasteiger charge is -2.40. The van der Waals surface area contributed by atoms with Gasteiger partial charge in [0.1, 0.15) is 11.6 Å². The Hall–Kier alpha value is -4.81. The number of esters is 2. The van der Waals surface area contributed by atoms with Gasteiger partial charge in [0.25, 0.3) is 0 Å². The largest absolute Gasteiger partial charge is 0.468 e. The predicted molar refractivity (Wildman–Crippen MR) is 197 cm³/mol. The third kappa shape index (κ3) is 9.30. The van der Waals surface area contributed by atoms with Crippen LogP contribution in [-0.2, 0) is 25.4 Å². The van der Waals surface area contributed by atoms with E-state index in [9.17, 15) is 9.59 Å². The fourth-order valence-corrected chi connectivity index (χ4v) is 6.09. The second kappa shape index (κ2) is 15.6. The monoisotopic (exact) mass is 699 g/mol. The number of rotatable bonds is 4. The quantitative estimate of drug-likeness (QED) is 0.244. The molecule has 1 N–H and O–H groups in total. The van der Waals surface area contributed by atoms with Crippen molar-refractivity contribution in [3.63, 3.8) is 0 Å². The van der Waals surface area contributed by atoms with Gasteiger partial charge in [-0.15, -0.1) is 0 Å². The number of aliphatic hydroxyl groups is 1. The number of aryl methyl sites for hydroxylation is 1. The normalized spacial score (nSPS) is 19.5. The van der Waals surface area contributed by atoms with Gasteiger partial charge in [-0.2, -0.15) is 9.61 Å². The highest BCUT2D eigenvalue weighted by Crippen LogP contribution is 2.37. The van der Waals surface area contributed by atoms with Crippen LogP contribution in [0.3, 0.4) is 0 Å². The van der Waals surface area contributed by atoms with Crippen LogP contribution in [0.15, 0.2) is 53.5 Å². The molecule has 2 aromatic carbocycles. The number of methoxy groups -OCH3 is 1. The van der Waals surface area contributed by atoms with Crippen LogP contribution in [0.2, 0.25) is 0 Å². The summed E-state index contributed by atoms with van der Waals surface area (Å²) in [5, 5.41) is 13.6. The first kappa shape index (κ1) is 37.4. The Kier molecular flexibility index (Phi) is 11.5. The number of aliphatic imine (C=N–C) groups is 1. The average molecular weight is 700 g/mol. The third-order valence-electron chi connectivity index (χ3n) is 8.62. The molecule has 3 aliphatic heterocycles. The summed E-state index contributed by atoms with van der Waals surface area (Å²) in [7, 11) is 1.36. The minimum atomic E-state index is -0.500. The van der Waals surface area contributed by atoms with Crippen molar-refractivity contribution in [2.24, 2.45) is 4.99 Å². The zero-order valence-electron chi connectivity index (χ0n) is 30.9. The first-order valence-corrected chi connectivity index (χ1v) is 17.4. The van der Waals surface area contributed by atoms with Crippen molar-refractivity contribution in [1.29, 1.82) is 0 Å². The summed E-state index contributed by atoms with van der Waals surface area (Å²) < 4.78 is 24.8. The number of aromatic nitrogens is 3. The van der Waals surface area contributed by atoms with E-state index in [0.29, 0.717) is 48.8 Å². The van der Waals surface area contributed by atoms with Crippen molar-refractivity contribution in [2.75, 3.05) is 38.3 Å². The van der Waals surface area contributed by atoms with Gasteiger partial charge in [-0.25, -0.2) is 9.78 Å². The number of fused-ring (bicyclic) bond motifs is 6. The van der Waals surface area contributed by atoms with Gasteiger partial charge in [0.2, 0.25) is 0 Å². The van der Waals surface area contributed by atoms with E-state index in [1.807, 2.05) is 48.7 Å². The first-order chi connectivity index (χ1) is 24.2. The van der Waals surface area contributed by atoms with Crippen molar-refractivity contribution >= 4 is 29.6 Å². The summed E-state index contributed by atoms with van der Waals surface area (Å²) in [6, 6.07) is 15.1. The molecule has 272 valence electrons. The van der Waals surface area contributed by atoms with Crippen molar-refractivity contribution in [3.05, 3.63) is 65.4 Å². The highest BCUT2D eigenvalue weighted by molar-refractivity contribution is 5.92. The third-order valence-corrected chi connectivity index (χ3v) is 8.62. The molecule has 51 heavy (non-hydrogen) atoms. The van der Waals surface area contributed by atoms with E-state index >= 15 is 0 Å². The van der Waals surface area contributed by atoms with Crippen molar-refractivity contribution in [3.8, 4) is 28.1 Å². The minimum Gasteiger partial charge on any atom is -0.468 e. The second-order valence-electron chi connectivity index (χ2n) is 14.0. The maximum atomic E-state index is 12.8. The Balaban J connectivity index is 0.000000943. The summed E-state index contributed by atoms with van der Waals surface area (Å²) in [4.78, 5) is 37.0. The number of hydrogen-bond donors (Lipinski definition) is 1. The van der Waals surface area contributed by atoms with E-state index in [2.05, 4.69) is 16.8 Å². The van der Waals surface area contributed by atoms with Crippen LogP contribution >= 0.6 is 0 Å². The van der Waals surface area contributed by atoms with E-state index in [1.165, 1.54) is 7.11 Å². The molecule has 0 radical (unpaired) electrons. The number of benzene rings is 2. The van der Waals surface area contributed by atoms with Gasteiger partial charge in [0.15, 0.2) is 11.9 Å². The van der Waals surface area contributed by atoms with Gasteiger partial charge in [-0.3, -0.25) is 9.79 Å². The van der Waals surface area contributed by atoms with Gasteiger partial charge in [0.05, 0.1) is 49.2 Å². The molecule has 0 aliphatic carbocycles. The fraction of sp³-hybridized carbons (Fsp3) is 0.462. The number of nitrogens with zero attached hydrogens (tertiary/aromatic N) is 5. The number of anilines is 1. The highest BCUT2D eigenvalue weighted by atomic mass is 16.5. The molecule has 1 atom stereocenters. The molecule has 1 fully saturated rings. The Bertz CT molecular complexity index is 1900. The Labute approximate surface area is 299 Å². The van der Waals surface area contributed by atoms with Gasteiger partial charge >= 0.3 is 11.9 Å². The molecule has 6 bridgehead atoms. The standard InChI is InChI=1S/C35H39N5O6.C4H10O/c1-6-44-32(41)20-27-22(2)37-31-21-29-25-9-7-8-24(18-25)28-19-26(34(42)43-5)10-11-30(28)46-23(3)36-14-17-45-35(4)12-15-39(16-13-35)33(27)40(31)38-29;1-4(2,3)5/h7-11,14,18-19,21,23H,6,12-13,15-17,20H2,1-5H3;5H,1-3H3/b36-14+;. The van der Waals surface area contributed by atoms with Crippen LogP contribution in [0.4, 0.5) is 5.82 Å². The fourth-order valence-electron chi connectivity index (χ4n) is 6.09. The number of piperidine rings is 1. The van der Waals surface area contributed by atoms with Crippen LogP contribution in [0, 0.1) is 6.92 Å². The molecule has 0 spiro atoms. The summed E-state index contributed by atoms with van der Waals surface area (Å²) in [5.41, 5.74) is 4.92. The first-order valence-electron chi connectivity index (χ1n) is 17.4. The molecule has 3 aliphatic rings. The topological polar surface area (TPSA) is 137 Å². The van der Waals surface area contributed by atoms with Crippen LogP contribution in [0.1, 0.15) is 76.0 Å². The number of carbonyl (C=O) groups is 2. The van der Waals surface area contributed by atoms with Crippen molar-refractivity contribution in [2.45, 2.75) is 85.2 Å². The summed E-state index contributed by atoms with van der Waals surface area (Å²) in [6.07, 6.45) is 2.91. The lowest BCUT2D eigenvalue weighted by atomic mass is 9.93.